The zero-order chi connectivity index (χ0) is 27.0. The minimum atomic E-state index is -0.792. The van der Waals surface area contributed by atoms with Gasteiger partial charge in [0.25, 0.3) is 0 Å². The Morgan fingerprint density at radius 1 is 0.872 bits per heavy atom. The average Bonchev–Trinajstić information content (AvgIpc) is 3.64. The summed E-state index contributed by atoms with van der Waals surface area (Å²) in [6.07, 6.45) is 4.82. The number of aryl methyl sites for hydroxylation is 2. The molecule has 0 aliphatic carbocycles. The molecule has 0 unspecified atom stereocenters. The van der Waals surface area contributed by atoms with E-state index in [-0.39, 0.29) is 6.42 Å². The third kappa shape index (κ3) is 6.43. The molecule has 0 spiro atoms. The molecule has 9 nitrogen and oxygen atoms in total. The van der Waals surface area contributed by atoms with Gasteiger partial charge in [-0.2, -0.15) is 5.10 Å². The maximum Gasteiger partial charge on any atom is 0.303 e. The SMILES string of the molecule is CCCCCc1nc(-c2ccc(CCC(=O)O)cc2)n(Cc2ccc(-c3ccccc3-c3nnn[nH]3)cc2)n1. The van der Waals surface area contributed by atoms with E-state index in [4.69, 9.17) is 15.2 Å². The normalized spacial score (nSPS) is 11.1. The van der Waals surface area contributed by atoms with Gasteiger partial charge >= 0.3 is 5.97 Å². The van der Waals surface area contributed by atoms with Crippen LogP contribution in [0.3, 0.4) is 0 Å². The third-order valence-electron chi connectivity index (χ3n) is 6.68. The molecule has 2 heterocycles. The average molecular weight is 522 g/mol. The van der Waals surface area contributed by atoms with Gasteiger partial charge in [0.1, 0.15) is 0 Å². The molecule has 0 aliphatic rings. The number of aromatic nitrogens is 7. The Bertz CT molecular complexity index is 1510. The van der Waals surface area contributed by atoms with E-state index in [2.05, 4.69) is 57.9 Å². The third-order valence-corrected chi connectivity index (χ3v) is 6.68. The second-order valence-corrected chi connectivity index (χ2v) is 9.55. The standard InChI is InChI=1S/C30H31N7O2/c1-2-3-4-9-27-31-30(24-17-10-21(11-18-24)14-19-28(38)39)37(34-27)20-22-12-15-23(16-13-22)25-7-5-6-8-26(25)29-32-35-36-33-29/h5-8,10-13,15-18H,2-4,9,14,19-20H2,1H3,(H,38,39)(H,32,33,35,36). The molecule has 2 N–H and O–H groups in total. The Morgan fingerprint density at radius 2 is 1.59 bits per heavy atom. The lowest BCUT2D eigenvalue weighted by molar-refractivity contribution is -0.136. The molecule has 0 radical (unpaired) electrons. The van der Waals surface area contributed by atoms with Gasteiger partial charge < -0.3 is 5.11 Å². The van der Waals surface area contributed by atoms with Gasteiger partial charge in [-0.05, 0) is 45.5 Å². The fraction of sp³-hybridized carbons (Fsp3) is 0.267. The van der Waals surface area contributed by atoms with Crippen LogP contribution in [0.15, 0.2) is 72.8 Å². The monoisotopic (exact) mass is 521 g/mol. The first kappa shape index (κ1) is 26.0. The maximum absolute atomic E-state index is 10.9. The summed E-state index contributed by atoms with van der Waals surface area (Å²) in [7, 11) is 0. The zero-order valence-electron chi connectivity index (χ0n) is 21.9. The molecule has 0 bridgehead atoms. The van der Waals surface area contributed by atoms with Gasteiger partial charge in [0.15, 0.2) is 17.5 Å². The molecule has 9 heteroatoms. The highest BCUT2D eigenvalue weighted by molar-refractivity contribution is 5.80. The molecule has 0 amide bonds. The number of aliphatic carboxylic acids is 1. The molecule has 3 aromatic carbocycles. The molecular weight excluding hydrogens is 490 g/mol. The molecule has 0 saturated heterocycles. The van der Waals surface area contributed by atoms with Crippen molar-refractivity contribution in [2.24, 2.45) is 0 Å². The molecule has 5 rings (SSSR count). The van der Waals surface area contributed by atoms with Crippen LogP contribution < -0.4 is 0 Å². The number of nitrogens with zero attached hydrogens (tertiary/aromatic N) is 6. The molecule has 0 fully saturated rings. The van der Waals surface area contributed by atoms with Crippen molar-refractivity contribution >= 4 is 5.97 Å². The largest absolute Gasteiger partial charge is 0.481 e. The van der Waals surface area contributed by atoms with Gasteiger partial charge in [0, 0.05) is 24.0 Å². The van der Waals surface area contributed by atoms with E-state index in [1.807, 2.05) is 47.1 Å². The quantitative estimate of drug-likeness (QED) is 0.205. The molecule has 5 aromatic rings. The Hall–Kier alpha value is -4.66. The van der Waals surface area contributed by atoms with Gasteiger partial charge in [-0.25, -0.2) is 14.8 Å². The summed E-state index contributed by atoms with van der Waals surface area (Å²) in [6.45, 7) is 2.78. The number of benzene rings is 3. The van der Waals surface area contributed by atoms with E-state index in [0.717, 1.165) is 70.7 Å². The lowest BCUT2D eigenvalue weighted by Gasteiger charge is -2.10. The van der Waals surface area contributed by atoms with Gasteiger partial charge in [0.05, 0.1) is 6.54 Å². The molecule has 0 atom stereocenters. The highest BCUT2D eigenvalue weighted by atomic mass is 16.4. The van der Waals surface area contributed by atoms with Crippen molar-refractivity contribution in [2.75, 3.05) is 0 Å². The number of carboxylic acid groups (broad SMARTS) is 1. The van der Waals surface area contributed by atoms with Crippen LogP contribution in [-0.2, 0) is 24.2 Å². The van der Waals surface area contributed by atoms with Crippen molar-refractivity contribution in [2.45, 2.75) is 52.0 Å². The second kappa shape index (κ2) is 12.3. The van der Waals surface area contributed by atoms with Crippen molar-refractivity contribution in [3.8, 4) is 33.9 Å². The van der Waals surface area contributed by atoms with E-state index in [0.29, 0.717) is 18.8 Å². The van der Waals surface area contributed by atoms with E-state index >= 15 is 0 Å². The maximum atomic E-state index is 10.9. The molecule has 39 heavy (non-hydrogen) atoms. The number of nitrogens with one attached hydrogen (secondary N) is 1. The van der Waals surface area contributed by atoms with Crippen molar-refractivity contribution < 1.29 is 9.90 Å². The zero-order valence-corrected chi connectivity index (χ0v) is 21.9. The van der Waals surface area contributed by atoms with Gasteiger partial charge in [-0.1, -0.05) is 92.6 Å². The molecule has 0 saturated carbocycles. The Balaban J connectivity index is 1.39. The van der Waals surface area contributed by atoms with E-state index in [1.54, 1.807) is 0 Å². The summed E-state index contributed by atoms with van der Waals surface area (Å²) in [4.78, 5) is 15.8. The summed E-state index contributed by atoms with van der Waals surface area (Å²) >= 11 is 0. The smallest absolute Gasteiger partial charge is 0.303 e. The Labute approximate surface area is 227 Å². The fourth-order valence-electron chi connectivity index (χ4n) is 4.60. The van der Waals surface area contributed by atoms with Crippen LogP contribution in [0.4, 0.5) is 0 Å². The van der Waals surface area contributed by atoms with Gasteiger partial charge in [-0.3, -0.25) is 4.79 Å². The summed E-state index contributed by atoms with van der Waals surface area (Å²) in [5.74, 6) is 1.50. The van der Waals surface area contributed by atoms with Crippen LogP contribution in [0.5, 0.6) is 0 Å². The Morgan fingerprint density at radius 3 is 2.28 bits per heavy atom. The van der Waals surface area contributed by atoms with Crippen LogP contribution in [-0.4, -0.2) is 46.5 Å². The van der Waals surface area contributed by atoms with Crippen molar-refractivity contribution in [1.82, 2.24) is 35.4 Å². The lowest BCUT2D eigenvalue weighted by Crippen LogP contribution is -2.05. The second-order valence-electron chi connectivity index (χ2n) is 9.55. The van der Waals surface area contributed by atoms with Gasteiger partial charge in [0.2, 0.25) is 0 Å². The number of carboxylic acids is 1. The first-order chi connectivity index (χ1) is 19.1. The Kier molecular flexibility index (Phi) is 8.16. The number of rotatable bonds is 12. The van der Waals surface area contributed by atoms with Crippen molar-refractivity contribution in [1.29, 1.82) is 0 Å². The van der Waals surface area contributed by atoms with Crippen LogP contribution in [0.1, 0.15) is 49.6 Å². The first-order valence-corrected chi connectivity index (χ1v) is 13.3. The number of carbonyl (C=O) groups is 1. The first-order valence-electron chi connectivity index (χ1n) is 13.3. The predicted molar refractivity (Wildman–Crippen MR) is 149 cm³/mol. The minimum absolute atomic E-state index is 0.118. The van der Waals surface area contributed by atoms with E-state index < -0.39 is 5.97 Å². The van der Waals surface area contributed by atoms with Crippen molar-refractivity contribution in [3.05, 3.63) is 89.7 Å². The number of hydrogen-bond donors (Lipinski definition) is 2. The number of unbranched alkanes of at least 4 members (excludes halogenated alkanes) is 2. The highest BCUT2D eigenvalue weighted by Crippen LogP contribution is 2.30. The van der Waals surface area contributed by atoms with E-state index in [1.165, 1.54) is 0 Å². The lowest BCUT2D eigenvalue weighted by atomic mass is 9.98. The van der Waals surface area contributed by atoms with Crippen LogP contribution in [0, 0.1) is 0 Å². The molecule has 0 aliphatic heterocycles. The van der Waals surface area contributed by atoms with Crippen LogP contribution in [0.2, 0.25) is 0 Å². The number of H-pyrrole nitrogens is 1. The molecule has 198 valence electrons. The fourth-order valence-corrected chi connectivity index (χ4v) is 4.60. The molecule has 2 aromatic heterocycles. The summed E-state index contributed by atoms with van der Waals surface area (Å²) in [5, 5.41) is 28.2. The summed E-state index contributed by atoms with van der Waals surface area (Å²) in [5.41, 5.74) is 6.13. The predicted octanol–water partition coefficient (Wildman–Crippen LogP) is 5.59. The van der Waals surface area contributed by atoms with Crippen LogP contribution in [0.25, 0.3) is 33.9 Å². The van der Waals surface area contributed by atoms with E-state index in [9.17, 15) is 4.79 Å². The number of tetrazole rings is 1. The number of aromatic amines is 1. The topological polar surface area (TPSA) is 122 Å². The highest BCUT2D eigenvalue weighted by Gasteiger charge is 2.14. The van der Waals surface area contributed by atoms with Crippen LogP contribution >= 0.6 is 0 Å². The summed E-state index contributed by atoms with van der Waals surface area (Å²) in [6, 6.07) is 24.4. The van der Waals surface area contributed by atoms with Crippen molar-refractivity contribution in [3.63, 3.8) is 0 Å². The number of hydrogen-bond acceptors (Lipinski definition) is 6. The van der Waals surface area contributed by atoms with Gasteiger partial charge in [-0.15, -0.1) is 5.10 Å². The summed E-state index contributed by atoms with van der Waals surface area (Å²) < 4.78 is 1.97. The minimum Gasteiger partial charge on any atom is -0.481 e. The molecular formula is C30H31N7O2.